The van der Waals surface area contributed by atoms with Crippen LogP contribution in [0.2, 0.25) is 0 Å². The van der Waals surface area contributed by atoms with Crippen molar-refractivity contribution in [3.8, 4) is 5.75 Å². The number of nitrogens with two attached hydrogens (primary N) is 1. The number of anilines is 1. The fourth-order valence-electron chi connectivity index (χ4n) is 2.90. The number of halogens is 4. The van der Waals surface area contributed by atoms with Crippen LogP contribution in [-0.2, 0) is 0 Å². The van der Waals surface area contributed by atoms with Crippen molar-refractivity contribution < 1.29 is 17.9 Å². The molecule has 1 saturated heterocycles. The Bertz CT molecular complexity index is 580. The van der Waals surface area contributed by atoms with E-state index in [9.17, 15) is 13.2 Å². The van der Waals surface area contributed by atoms with Crippen LogP contribution in [-0.4, -0.2) is 42.9 Å². The second-order valence-electron chi connectivity index (χ2n) is 6.51. The number of alkyl halides is 3. The third-order valence-electron chi connectivity index (χ3n) is 4.20. The van der Waals surface area contributed by atoms with Crippen LogP contribution in [0.15, 0.2) is 29.3 Å². The zero-order valence-corrected chi connectivity index (χ0v) is 17.3. The van der Waals surface area contributed by atoms with Crippen LogP contribution in [0, 0.1) is 5.92 Å². The molecule has 2 unspecified atom stereocenters. The third-order valence-corrected chi connectivity index (χ3v) is 4.20. The van der Waals surface area contributed by atoms with Gasteiger partial charge in [-0.1, -0.05) is 6.92 Å². The zero-order chi connectivity index (χ0) is 18.4. The van der Waals surface area contributed by atoms with Gasteiger partial charge in [0.25, 0.3) is 0 Å². The lowest BCUT2D eigenvalue weighted by Crippen LogP contribution is -2.42. The summed E-state index contributed by atoms with van der Waals surface area (Å²) in [6, 6.07) is 5.66. The highest BCUT2D eigenvalue weighted by Crippen LogP contribution is 2.24. The molecule has 1 aromatic rings. The largest absolute Gasteiger partial charge is 0.573 e. The smallest absolute Gasteiger partial charge is 0.406 e. The summed E-state index contributed by atoms with van der Waals surface area (Å²) >= 11 is 0. The van der Waals surface area contributed by atoms with Crippen molar-refractivity contribution >= 4 is 35.6 Å². The first kappa shape index (κ1) is 22.8. The highest BCUT2D eigenvalue weighted by atomic mass is 127. The Kier molecular flexibility index (Phi) is 8.94. The average Bonchev–Trinajstić information content (AvgIpc) is 2.53. The summed E-state index contributed by atoms with van der Waals surface area (Å²) in [5.74, 6) is 0.663. The summed E-state index contributed by atoms with van der Waals surface area (Å²) in [5, 5.41) is 2.87. The number of nitrogens with one attached hydrogen (secondary N) is 1. The standard InChI is InChI=1S/C17H25F3N4O.HI/c1-12-4-3-9-24(11-12)13(2)10-22-16(21)23-14-5-7-15(8-6-14)25-17(18,19)20;/h5-8,12-13H,3-4,9-11H2,1-2H3,(H3,21,22,23);1H. The maximum Gasteiger partial charge on any atom is 0.573 e. The van der Waals surface area contributed by atoms with Gasteiger partial charge in [0.15, 0.2) is 5.96 Å². The predicted octanol–water partition coefficient (Wildman–Crippen LogP) is 4.05. The summed E-state index contributed by atoms with van der Waals surface area (Å²) in [4.78, 5) is 6.74. The van der Waals surface area contributed by atoms with Crippen LogP contribution in [0.1, 0.15) is 26.7 Å². The summed E-state index contributed by atoms with van der Waals surface area (Å²) in [6.07, 6.45) is -2.23. The summed E-state index contributed by atoms with van der Waals surface area (Å²) in [6.45, 7) is 7.10. The fourth-order valence-corrected chi connectivity index (χ4v) is 2.90. The molecule has 9 heteroatoms. The number of benzene rings is 1. The van der Waals surface area contributed by atoms with E-state index in [4.69, 9.17) is 5.73 Å². The van der Waals surface area contributed by atoms with Gasteiger partial charge in [-0.05, 0) is 56.5 Å². The Hall–Kier alpha value is -1.23. The molecule has 1 heterocycles. The highest BCUT2D eigenvalue weighted by molar-refractivity contribution is 14.0. The molecule has 2 atom stereocenters. The van der Waals surface area contributed by atoms with E-state index in [2.05, 4.69) is 33.8 Å². The molecule has 1 aliphatic heterocycles. The lowest BCUT2D eigenvalue weighted by Gasteiger charge is -2.34. The molecule has 148 valence electrons. The molecule has 0 spiro atoms. The molecule has 5 nitrogen and oxygen atoms in total. The molecule has 0 saturated carbocycles. The van der Waals surface area contributed by atoms with E-state index in [0.29, 0.717) is 24.2 Å². The van der Waals surface area contributed by atoms with Gasteiger partial charge >= 0.3 is 6.36 Å². The Morgan fingerprint density at radius 3 is 2.62 bits per heavy atom. The van der Waals surface area contributed by atoms with E-state index in [1.165, 1.54) is 37.1 Å². The number of guanidine groups is 1. The Morgan fingerprint density at radius 1 is 1.38 bits per heavy atom. The predicted molar refractivity (Wildman–Crippen MR) is 108 cm³/mol. The van der Waals surface area contributed by atoms with Gasteiger partial charge in [-0.3, -0.25) is 9.89 Å². The van der Waals surface area contributed by atoms with E-state index in [1.807, 2.05) is 0 Å². The number of aliphatic imine (C=N–C) groups is 1. The summed E-state index contributed by atoms with van der Waals surface area (Å²) in [7, 11) is 0. The van der Waals surface area contributed by atoms with E-state index in [0.717, 1.165) is 13.1 Å². The van der Waals surface area contributed by atoms with E-state index in [-0.39, 0.29) is 35.7 Å². The molecular weight excluding hydrogens is 460 g/mol. The molecule has 26 heavy (non-hydrogen) atoms. The number of piperidine rings is 1. The molecule has 0 radical (unpaired) electrons. The minimum atomic E-state index is -4.70. The number of nitrogens with zero attached hydrogens (tertiary/aromatic N) is 2. The number of rotatable bonds is 5. The lowest BCUT2D eigenvalue weighted by molar-refractivity contribution is -0.274. The highest BCUT2D eigenvalue weighted by Gasteiger charge is 2.30. The van der Waals surface area contributed by atoms with E-state index in [1.54, 1.807) is 0 Å². The van der Waals surface area contributed by atoms with Crippen molar-refractivity contribution in [2.45, 2.75) is 39.1 Å². The van der Waals surface area contributed by atoms with Gasteiger partial charge in [-0.15, -0.1) is 37.1 Å². The molecule has 0 bridgehead atoms. The maximum atomic E-state index is 12.1. The van der Waals surface area contributed by atoms with E-state index >= 15 is 0 Å². The lowest BCUT2D eigenvalue weighted by atomic mass is 9.99. The van der Waals surface area contributed by atoms with Crippen molar-refractivity contribution in [3.63, 3.8) is 0 Å². The minimum absolute atomic E-state index is 0. The quantitative estimate of drug-likeness (QED) is 0.375. The van der Waals surface area contributed by atoms with Crippen molar-refractivity contribution in [2.75, 3.05) is 25.0 Å². The monoisotopic (exact) mass is 486 g/mol. The van der Waals surface area contributed by atoms with Crippen molar-refractivity contribution in [1.82, 2.24) is 4.90 Å². The molecule has 0 amide bonds. The number of ether oxygens (including phenoxy) is 1. The normalized spacial score (nSPS) is 20.2. The van der Waals surface area contributed by atoms with Crippen LogP contribution in [0.4, 0.5) is 18.9 Å². The Balaban J connectivity index is 0.00000338. The molecule has 2 rings (SSSR count). The topological polar surface area (TPSA) is 62.9 Å². The molecule has 0 aromatic heterocycles. The van der Waals surface area contributed by atoms with E-state index < -0.39 is 6.36 Å². The first-order valence-electron chi connectivity index (χ1n) is 8.40. The van der Waals surface area contributed by atoms with Gasteiger partial charge in [0.1, 0.15) is 5.75 Å². The first-order chi connectivity index (χ1) is 11.7. The van der Waals surface area contributed by atoms with Crippen LogP contribution in [0.25, 0.3) is 0 Å². The Labute approximate surface area is 169 Å². The molecule has 1 aromatic carbocycles. The van der Waals surface area contributed by atoms with Gasteiger partial charge in [-0.25, -0.2) is 0 Å². The number of hydrogen-bond acceptors (Lipinski definition) is 3. The van der Waals surface area contributed by atoms with Crippen LogP contribution in [0.3, 0.4) is 0 Å². The third kappa shape index (κ3) is 7.98. The average molecular weight is 486 g/mol. The second-order valence-corrected chi connectivity index (χ2v) is 6.51. The first-order valence-corrected chi connectivity index (χ1v) is 8.40. The van der Waals surface area contributed by atoms with Gasteiger partial charge in [0.05, 0.1) is 6.54 Å². The molecule has 0 aliphatic carbocycles. The number of likely N-dealkylation sites (tertiary alicyclic amines) is 1. The Morgan fingerprint density at radius 2 is 2.04 bits per heavy atom. The van der Waals surface area contributed by atoms with Gasteiger partial charge in [0, 0.05) is 18.3 Å². The van der Waals surface area contributed by atoms with Crippen LogP contribution in [0.5, 0.6) is 5.75 Å². The summed E-state index contributed by atoms with van der Waals surface area (Å²) < 4.78 is 40.2. The summed E-state index contributed by atoms with van der Waals surface area (Å²) in [5.41, 5.74) is 6.41. The zero-order valence-electron chi connectivity index (χ0n) is 14.9. The number of hydrogen-bond donors (Lipinski definition) is 2. The van der Waals surface area contributed by atoms with Crippen molar-refractivity contribution in [3.05, 3.63) is 24.3 Å². The molecule has 3 N–H and O–H groups in total. The van der Waals surface area contributed by atoms with Gasteiger partial charge in [0.2, 0.25) is 0 Å². The second kappa shape index (κ2) is 10.2. The van der Waals surface area contributed by atoms with Gasteiger partial charge < -0.3 is 15.8 Å². The van der Waals surface area contributed by atoms with Crippen LogP contribution >= 0.6 is 24.0 Å². The van der Waals surface area contributed by atoms with Crippen LogP contribution < -0.4 is 15.8 Å². The molecular formula is C17H26F3IN4O. The fraction of sp³-hybridized carbons (Fsp3) is 0.588. The van der Waals surface area contributed by atoms with Crippen molar-refractivity contribution in [2.24, 2.45) is 16.6 Å². The SMILES string of the molecule is CC1CCCN(C(C)CN=C(N)Nc2ccc(OC(F)(F)F)cc2)C1.I. The maximum absolute atomic E-state index is 12.1. The molecule has 1 aliphatic rings. The minimum Gasteiger partial charge on any atom is -0.406 e. The molecule has 1 fully saturated rings. The van der Waals surface area contributed by atoms with Crippen molar-refractivity contribution in [1.29, 1.82) is 0 Å². The van der Waals surface area contributed by atoms with Gasteiger partial charge in [-0.2, -0.15) is 0 Å².